The lowest BCUT2D eigenvalue weighted by Gasteiger charge is -2.13. The maximum absolute atomic E-state index is 13.3. The highest BCUT2D eigenvalue weighted by Gasteiger charge is 2.41. The fourth-order valence-corrected chi connectivity index (χ4v) is 1.18. The van der Waals surface area contributed by atoms with E-state index in [4.69, 9.17) is 16.3 Å². The predicted octanol–water partition coefficient (Wildman–Crippen LogP) is 2.31. The van der Waals surface area contributed by atoms with Gasteiger partial charge in [0.25, 0.3) is 0 Å². The molecule has 8 heteroatoms. The summed E-state index contributed by atoms with van der Waals surface area (Å²) in [6, 6.07) is 2.23. The number of nitrogen functional groups attached to an aromatic ring is 1. The average Bonchev–Trinajstić information content (AvgIpc) is 2.21. The summed E-state index contributed by atoms with van der Waals surface area (Å²) in [5, 5.41) is 16.9. The van der Waals surface area contributed by atoms with Crippen LogP contribution in [-0.2, 0) is 6.18 Å². The molecule has 0 unspecified atom stereocenters. The molecule has 0 aromatic heterocycles. The Bertz CT molecular complexity index is 562. The number of nitriles is 2. The van der Waals surface area contributed by atoms with E-state index in [1.807, 2.05) is 0 Å². The monoisotopic (exact) mass is 247 g/mol. The highest BCUT2D eigenvalue weighted by Crippen LogP contribution is 2.38. The molecule has 0 fully saturated rings. The molecule has 3 nitrogen and oxygen atoms in total. The van der Waals surface area contributed by atoms with Crippen molar-refractivity contribution >= 4 is 5.69 Å². The molecule has 0 heterocycles. The van der Waals surface area contributed by atoms with Gasteiger partial charge in [-0.3, -0.25) is 0 Å². The molecule has 0 amide bonds. The Labute approximate surface area is 91.5 Å². The molecule has 1 rings (SSSR count). The number of benzene rings is 1. The van der Waals surface area contributed by atoms with Gasteiger partial charge >= 0.3 is 6.18 Å². The van der Waals surface area contributed by atoms with Gasteiger partial charge in [0.2, 0.25) is 0 Å². The SMILES string of the molecule is N#Cc1c(N)c(F)c(C(F)(F)F)c(F)c1C#N. The summed E-state index contributed by atoms with van der Waals surface area (Å²) in [5.41, 5.74) is -0.721. The second kappa shape index (κ2) is 3.91. The standard InChI is InChI=1S/C9H2F5N3/c10-6-3(1-15)4(2-16)8(17)7(11)5(6)9(12,13)14/h17H2. The summed E-state index contributed by atoms with van der Waals surface area (Å²) in [4.78, 5) is 0. The maximum Gasteiger partial charge on any atom is 0.422 e. The van der Waals surface area contributed by atoms with E-state index in [0.717, 1.165) is 6.07 Å². The predicted molar refractivity (Wildman–Crippen MR) is 45.2 cm³/mol. The zero-order valence-electron chi connectivity index (χ0n) is 7.86. The Morgan fingerprint density at radius 3 is 1.76 bits per heavy atom. The maximum atomic E-state index is 13.3. The summed E-state index contributed by atoms with van der Waals surface area (Å²) in [7, 11) is 0. The number of hydrogen-bond donors (Lipinski definition) is 1. The molecule has 0 saturated heterocycles. The van der Waals surface area contributed by atoms with E-state index in [0.29, 0.717) is 0 Å². The summed E-state index contributed by atoms with van der Waals surface area (Å²) >= 11 is 0. The van der Waals surface area contributed by atoms with Crippen molar-refractivity contribution in [1.82, 2.24) is 0 Å². The van der Waals surface area contributed by atoms with Crippen LogP contribution in [0.4, 0.5) is 27.6 Å². The number of nitrogens with two attached hydrogens (primary N) is 1. The topological polar surface area (TPSA) is 73.6 Å². The lowest BCUT2D eigenvalue weighted by atomic mass is 10.0. The molecular formula is C9H2F5N3. The molecule has 0 radical (unpaired) electrons. The number of halogens is 5. The van der Waals surface area contributed by atoms with Crippen LogP contribution in [0.15, 0.2) is 0 Å². The van der Waals surface area contributed by atoms with Crippen LogP contribution in [0.3, 0.4) is 0 Å². The fraction of sp³-hybridized carbons (Fsp3) is 0.111. The van der Waals surface area contributed by atoms with Crippen LogP contribution in [0.2, 0.25) is 0 Å². The van der Waals surface area contributed by atoms with Gasteiger partial charge < -0.3 is 5.73 Å². The fourth-order valence-electron chi connectivity index (χ4n) is 1.18. The zero-order chi connectivity index (χ0) is 13.4. The van der Waals surface area contributed by atoms with Crippen molar-refractivity contribution < 1.29 is 22.0 Å². The smallest absolute Gasteiger partial charge is 0.395 e. The molecule has 1 aromatic rings. The van der Waals surface area contributed by atoms with Gasteiger partial charge in [0.05, 0.1) is 11.3 Å². The van der Waals surface area contributed by atoms with Crippen LogP contribution in [0.1, 0.15) is 16.7 Å². The van der Waals surface area contributed by atoms with Gasteiger partial charge in [-0.05, 0) is 0 Å². The van der Waals surface area contributed by atoms with E-state index in [9.17, 15) is 22.0 Å². The number of hydrogen-bond acceptors (Lipinski definition) is 3. The van der Waals surface area contributed by atoms with Crippen LogP contribution < -0.4 is 5.73 Å². The molecule has 0 aliphatic carbocycles. The first-order valence-corrected chi connectivity index (χ1v) is 3.93. The van der Waals surface area contributed by atoms with Crippen molar-refractivity contribution in [2.45, 2.75) is 6.18 Å². The van der Waals surface area contributed by atoms with Crippen molar-refractivity contribution in [3.63, 3.8) is 0 Å². The van der Waals surface area contributed by atoms with Crippen LogP contribution in [-0.4, -0.2) is 0 Å². The van der Waals surface area contributed by atoms with E-state index in [2.05, 4.69) is 0 Å². The summed E-state index contributed by atoms with van der Waals surface area (Å²) < 4.78 is 63.4. The lowest BCUT2D eigenvalue weighted by Crippen LogP contribution is -2.16. The highest BCUT2D eigenvalue weighted by atomic mass is 19.4. The molecule has 2 N–H and O–H groups in total. The molecule has 17 heavy (non-hydrogen) atoms. The number of nitrogens with zero attached hydrogens (tertiary/aromatic N) is 2. The van der Waals surface area contributed by atoms with Crippen molar-refractivity contribution in [1.29, 1.82) is 10.5 Å². The molecule has 88 valence electrons. The Balaban J connectivity index is 3.88. The largest absolute Gasteiger partial charge is 0.422 e. The Morgan fingerprint density at radius 1 is 0.941 bits per heavy atom. The third-order valence-corrected chi connectivity index (χ3v) is 1.92. The minimum absolute atomic E-state index is 0.949. The average molecular weight is 247 g/mol. The molecule has 0 bridgehead atoms. The summed E-state index contributed by atoms with van der Waals surface area (Å²) in [5.74, 6) is -4.23. The van der Waals surface area contributed by atoms with Crippen LogP contribution >= 0.6 is 0 Å². The van der Waals surface area contributed by atoms with Gasteiger partial charge in [-0.1, -0.05) is 0 Å². The van der Waals surface area contributed by atoms with E-state index >= 15 is 0 Å². The highest BCUT2D eigenvalue weighted by molar-refractivity contribution is 5.65. The van der Waals surface area contributed by atoms with Gasteiger partial charge in [-0.2, -0.15) is 23.7 Å². The number of anilines is 1. The normalized spacial score (nSPS) is 10.8. The number of rotatable bonds is 0. The first kappa shape index (κ1) is 12.7. The van der Waals surface area contributed by atoms with Crippen LogP contribution in [0.25, 0.3) is 0 Å². The van der Waals surface area contributed by atoms with Gasteiger partial charge in [-0.25, -0.2) is 8.78 Å². The van der Waals surface area contributed by atoms with E-state index in [-0.39, 0.29) is 0 Å². The van der Waals surface area contributed by atoms with Crippen LogP contribution in [0, 0.1) is 34.3 Å². The van der Waals surface area contributed by atoms with Gasteiger partial charge in [0, 0.05) is 0 Å². The number of alkyl halides is 3. The third kappa shape index (κ3) is 1.85. The first-order chi connectivity index (χ1) is 7.75. The van der Waals surface area contributed by atoms with Gasteiger partial charge in [0.15, 0.2) is 11.6 Å². The molecule has 0 aliphatic heterocycles. The van der Waals surface area contributed by atoms with Crippen molar-refractivity contribution in [3.8, 4) is 12.1 Å². The van der Waals surface area contributed by atoms with Crippen molar-refractivity contribution in [2.24, 2.45) is 0 Å². The minimum atomic E-state index is -5.35. The minimum Gasteiger partial charge on any atom is -0.395 e. The lowest BCUT2D eigenvalue weighted by molar-refractivity contribution is -0.142. The Morgan fingerprint density at radius 2 is 1.41 bits per heavy atom. The van der Waals surface area contributed by atoms with Crippen molar-refractivity contribution in [2.75, 3.05) is 5.73 Å². The Hall–Kier alpha value is -2.35. The Kier molecular flexibility index (Phi) is 2.92. The second-order valence-electron chi connectivity index (χ2n) is 2.89. The quantitative estimate of drug-likeness (QED) is 0.564. The molecule has 0 atom stereocenters. The first-order valence-electron chi connectivity index (χ1n) is 3.93. The molecule has 0 spiro atoms. The van der Waals surface area contributed by atoms with Crippen molar-refractivity contribution in [3.05, 3.63) is 28.3 Å². The summed E-state index contributed by atoms with van der Waals surface area (Å²) in [6.07, 6.45) is -5.35. The van der Waals surface area contributed by atoms with E-state index < -0.39 is 40.2 Å². The molecule has 0 aliphatic rings. The molecule has 0 saturated carbocycles. The molecule has 1 aromatic carbocycles. The second-order valence-corrected chi connectivity index (χ2v) is 2.89. The zero-order valence-corrected chi connectivity index (χ0v) is 7.86. The van der Waals surface area contributed by atoms with Crippen LogP contribution in [0.5, 0.6) is 0 Å². The van der Waals surface area contributed by atoms with E-state index in [1.165, 1.54) is 6.07 Å². The molecular weight excluding hydrogens is 245 g/mol. The van der Waals surface area contributed by atoms with E-state index in [1.54, 1.807) is 0 Å². The third-order valence-electron chi connectivity index (χ3n) is 1.92. The summed E-state index contributed by atoms with van der Waals surface area (Å²) in [6.45, 7) is 0. The van der Waals surface area contributed by atoms with Gasteiger partial charge in [-0.15, -0.1) is 0 Å². The van der Waals surface area contributed by atoms with Gasteiger partial charge in [0.1, 0.15) is 23.3 Å².